The van der Waals surface area contributed by atoms with Crippen LogP contribution in [-0.4, -0.2) is 0 Å². The summed E-state index contributed by atoms with van der Waals surface area (Å²) in [6, 6.07) is 0. The van der Waals surface area contributed by atoms with Gasteiger partial charge in [0, 0.05) is 0 Å². The van der Waals surface area contributed by atoms with E-state index in [2.05, 4.69) is 6.92 Å². The molecule has 0 heterocycles. The van der Waals surface area contributed by atoms with Crippen molar-refractivity contribution in [1.82, 2.24) is 0 Å². The SMILES string of the molecule is [CH2-]CC.[Cl][Zn+]. The Kier molecular flexibility index (Phi) is 38.3. The van der Waals surface area contributed by atoms with Gasteiger partial charge in [0.05, 0.1) is 0 Å². The van der Waals surface area contributed by atoms with Gasteiger partial charge in [0.2, 0.25) is 0 Å². The number of rotatable bonds is 0. The summed E-state index contributed by atoms with van der Waals surface area (Å²) in [4.78, 5) is 0. The van der Waals surface area contributed by atoms with Crippen molar-refractivity contribution in [2.75, 3.05) is 0 Å². The van der Waals surface area contributed by atoms with Crippen LogP contribution in [0.1, 0.15) is 13.3 Å². The maximum absolute atomic E-state index is 4.76. The zero-order valence-electron chi connectivity index (χ0n) is 3.50. The Balaban J connectivity index is 0. The van der Waals surface area contributed by atoms with Crippen molar-refractivity contribution in [3.05, 3.63) is 6.92 Å². The summed E-state index contributed by atoms with van der Waals surface area (Å²) in [7, 11) is 4.76. The molecule has 0 unspecified atom stereocenters. The van der Waals surface area contributed by atoms with Gasteiger partial charge in [0.1, 0.15) is 0 Å². The standard InChI is InChI=1S/C3H7.ClH.Zn/c1-3-2;;/h1,3H2,2H3;1H;/q-1;;+2/p-1. The zero-order valence-corrected chi connectivity index (χ0v) is 7.22. The van der Waals surface area contributed by atoms with Crippen molar-refractivity contribution in [2.45, 2.75) is 13.3 Å². The minimum absolute atomic E-state index is 0.847. The Bertz CT molecular complexity index is 6.85. The first-order chi connectivity index (χ1) is 2.41. The fraction of sp³-hybridized carbons (Fsp3) is 0.667. The summed E-state index contributed by atoms with van der Waals surface area (Å²) in [6.07, 6.45) is 1.00. The van der Waals surface area contributed by atoms with Crippen molar-refractivity contribution in [3.63, 3.8) is 0 Å². The molecule has 0 saturated carbocycles. The van der Waals surface area contributed by atoms with Gasteiger partial charge < -0.3 is 6.92 Å². The van der Waals surface area contributed by atoms with Crippen molar-refractivity contribution < 1.29 is 17.3 Å². The van der Waals surface area contributed by atoms with Crippen molar-refractivity contribution >= 4 is 9.69 Å². The van der Waals surface area contributed by atoms with E-state index in [1.165, 1.54) is 0 Å². The molecular formula is C3H7ClZn. The van der Waals surface area contributed by atoms with Crippen LogP contribution < -0.4 is 0 Å². The second kappa shape index (κ2) is 20.6. The second-order valence-electron chi connectivity index (χ2n) is 0.500. The van der Waals surface area contributed by atoms with Crippen LogP contribution in [0.5, 0.6) is 0 Å². The van der Waals surface area contributed by atoms with Crippen LogP contribution >= 0.6 is 9.69 Å². The van der Waals surface area contributed by atoms with E-state index in [0.29, 0.717) is 0 Å². The van der Waals surface area contributed by atoms with Gasteiger partial charge in [0.25, 0.3) is 0 Å². The maximum atomic E-state index is 4.76. The molecule has 0 rings (SSSR count). The van der Waals surface area contributed by atoms with Crippen LogP contribution in [0.15, 0.2) is 0 Å². The van der Waals surface area contributed by atoms with Crippen molar-refractivity contribution in [2.24, 2.45) is 0 Å². The first-order valence-electron chi connectivity index (χ1n) is 1.47. The number of hydrogen-bond acceptors (Lipinski definition) is 0. The van der Waals surface area contributed by atoms with Gasteiger partial charge in [-0.15, -0.1) is 0 Å². The molecule has 0 nitrogen and oxygen atoms in total. The molecule has 0 aliphatic rings. The minimum atomic E-state index is 0.847. The van der Waals surface area contributed by atoms with Gasteiger partial charge in [-0.2, -0.15) is 6.42 Å². The summed E-state index contributed by atoms with van der Waals surface area (Å²) in [5, 5.41) is 0. The first kappa shape index (κ1) is 9.32. The molecule has 2 heteroatoms. The summed E-state index contributed by atoms with van der Waals surface area (Å²) in [5.74, 6) is 0. The normalized spacial score (nSPS) is 5.00. The van der Waals surface area contributed by atoms with E-state index in [1.54, 1.807) is 0 Å². The first-order valence-corrected chi connectivity index (χ1v) is 5.37. The fourth-order valence-corrected chi connectivity index (χ4v) is 0. The van der Waals surface area contributed by atoms with Crippen LogP contribution in [0.25, 0.3) is 0 Å². The van der Waals surface area contributed by atoms with E-state index in [0.717, 1.165) is 23.7 Å². The molecule has 0 aliphatic heterocycles. The molecule has 0 atom stereocenters. The van der Waals surface area contributed by atoms with Crippen LogP contribution in [0.3, 0.4) is 0 Å². The Hall–Kier alpha value is 0.913. The molecule has 0 N–H and O–H groups in total. The fourth-order valence-electron chi connectivity index (χ4n) is 0. The molecule has 0 aromatic heterocycles. The van der Waals surface area contributed by atoms with E-state index in [4.69, 9.17) is 9.69 Å². The third-order valence-electron chi connectivity index (χ3n) is 0. The molecule has 5 heavy (non-hydrogen) atoms. The van der Waals surface area contributed by atoms with E-state index in [-0.39, 0.29) is 0 Å². The Morgan fingerprint density at radius 3 is 1.80 bits per heavy atom. The van der Waals surface area contributed by atoms with Crippen LogP contribution in [0.2, 0.25) is 0 Å². The summed E-state index contributed by atoms with van der Waals surface area (Å²) < 4.78 is 0. The summed E-state index contributed by atoms with van der Waals surface area (Å²) in [5.41, 5.74) is 0. The van der Waals surface area contributed by atoms with Gasteiger partial charge in [-0.25, -0.2) is 0 Å². The van der Waals surface area contributed by atoms with Crippen molar-refractivity contribution in [1.29, 1.82) is 0 Å². The third-order valence-corrected chi connectivity index (χ3v) is 0. The van der Waals surface area contributed by atoms with E-state index in [1.807, 2.05) is 6.92 Å². The molecule has 28 valence electrons. The van der Waals surface area contributed by atoms with Gasteiger partial charge in [-0.1, -0.05) is 6.92 Å². The molecule has 0 bridgehead atoms. The van der Waals surface area contributed by atoms with Gasteiger partial charge in [0.15, 0.2) is 0 Å². The Morgan fingerprint density at radius 1 is 1.80 bits per heavy atom. The van der Waals surface area contributed by atoms with Crippen LogP contribution in [0.4, 0.5) is 0 Å². The molecule has 0 radical (unpaired) electrons. The van der Waals surface area contributed by atoms with E-state index < -0.39 is 0 Å². The molecular weight excluding hydrogens is 137 g/mol. The Labute approximate surface area is 47.6 Å². The van der Waals surface area contributed by atoms with Crippen LogP contribution in [0, 0.1) is 6.92 Å². The predicted octanol–water partition coefficient (Wildman–Crippen LogP) is 1.92. The van der Waals surface area contributed by atoms with Crippen molar-refractivity contribution in [3.8, 4) is 0 Å². The monoisotopic (exact) mass is 142 g/mol. The molecule has 0 amide bonds. The molecule has 0 aliphatic carbocycles. The third kappa shape index (κ3) is 50.0. The summed E-state index contributed by atoms with van der Waals surface area (Å²) >= 11 is 0.847. The van der Waals surface area contributed by atoms with Crippen LogP contribution in [-0.2, 0) is 17.3 Å². The zero-order chi connectivity index (χ0) is 4.71. The Morgan fingerprint density at radius 2 is 1.80 bits per heavy atom. The topological polar surface area (TPSA) is 0 Å². The van der Waals surface area contributed by atoms with Gasteiger partial charge >= 0.3 is 27.0 Å². The molecule has 0 fully saturated rings. The number of halogens is 1. The molecule has 0 aromatic carbocycles. The second-order valence-corrected chi connectivity index (χ2v) is 0.500. The van der Waals surface area contributed by atoms with Gasteiger partial charge in [-0.3, -0.25) is 0 Å². The predicted molar refractivity (Wildman–Crippen MR) is 21.5 cm³/mol. The molecule has 0 spiro atoms. The van der Waals surface area contributed by atoms with Gasteiger partial charge in [-0.05, 0) is 0 Å². The van der Waals surface area contributed by atoms with E-state index >= 15 is 0 Å². The molecule has 0 saturated heterocycles. The van der Waals surface area contributed by atoms with E-state index in [9.17, 15) is 0 Å². The number of hydrogen-bond donors (Lipinski definition) is 0. The quantitative estimate of drug-likeness (QED) is 0.359. The molecule has 0 aromatic rings. The average molecular weight is 144 g/mol. The summed E-state index contributed by atoms with van der Waals surface area (Å²) in [6.45, 7) is 5.50. The average Bonchev–Trinajstić information content (AvgIpc) is 1.46.